The van der Waals surface area contributed by atoms with Crippen LogP contribution in [0.15, 0.2) is 53.8 Å². The number of benzene rings is 2. The third kappa shape index (κ3) is 3.44. The highest BCUT2D eigenvalue weighted by molar-refractivity contribution is 5.83. The molecule has 0 aliphatic heterocycles. The summed E-state index contributed by atoms with van der Waals surface area (Å²) in [6, 6.07) is 11.6. The maximum atomic E-state index is 14.0. The van der Waals surface area contributed by atoms with Crippen LogP contribution in [0.25, 0.3) is 27.8 Å². The predicted octanol–water partition coefficient (Wildman–Crippen LogP) is 4.54. The number of aryl methyl sites for hydroxylation is 3. The highest BCUT2D eigenvalue weighted by Crippen LogP contribution is 2.28. The summed E-state index contributed by atoms with van der Waals surface area (Å²) in [7, 11) is 0. The van der Waals surface area contributed by atoms with Crippen molar-refractivity contribution < 1.29 is 0 Å². The van der Waals surface area contributed by atoms with E-state index < -0.39 is 0 Å². The number of aromatic nitrogens is 6. The zero-order valence-electron chi connectivity index (χ0n) is 19.0. The first kappa shape index (κ1) is 20.8. The van der Waals surface area contributed by atoms with E-state index in [9.17, 15) is 4.79 Å². The van der Waals surface area contributed by atoms with Crippen molar-refractivity contribution in [1.29, 1.82) is 0 Å². The van der Waals surface area contributed by atoms with Crippen LogP contribution in [-0.2, 0) is 0 Å². The Labute approximate surface area is 190 Å². The van der Waals surface area contributed by atoms with Gasteiger partial charge in [-0.3, -0.25) is 9.36 Å². The van der Waals surface area contributed by atoms with Crippen molar-refractivity contribution in [3.05, 3.63) is 81.9 Å². The average Bonchev–Trinajstić information content (AvgIpc) is 3.28. The number of nitrogens with one attached hydrogen (secondary N) is 2. The number of H-pyrrole nitrogens is 1. The van der Waals surface area contributed by atoms with Crippen molar-refractivity contribution in [1.82, 2.24) is 29.5 Å². The molecule has 0 radical (unpaired) electrons. The Bertz CT molecular complexity index is 1530. The lowest BCUT2D eigenvalue weighted by atomic mass is 10.1. The van der Waals surface area contributed by atoms with E-state index in [2.05, 4.69) is 32.2 Å². The van der Waals surface area contributed by atoms with Gasteiger partial charge in [0.25, 0.3) is 5.56 Å². The molecule has 5 aromatic rings. The maximum absolute atomic E-state index is 14.0. The Hall–Kier alpha value is -4.07. The van der Waals surface area contributed by atoms with Crippen LogP contribution in [0.5, 0.6) is 0 Å². The summed E-state index contributed by atoms with van der Waals surface area (Å²) in [6.07, 6.45) is 3.76. The fourth-order valence-electron chi connectivity index (χ4n) is 4.41. The molecule has 33 heavy (non-hydrogen) atoms. The molecule has 8 nitrogen and oxygen atoms in total. The van der Waals surface area contributed by atoms with Gasteiger partial charge in [0.1, 0.15) is 17.7 Å². The molecule has 8 heteroatoms. The van der Waals surface area contributed by atoms with E-state index in [0.29, 0.717) is 40.1 Å². The normalized spacial score (nSPS) is 12.4. The van der Waals surface area contributed by atoms with Gasteiger partial charge >= 0.3 is 0 Å². The van der Waals surface area contributed by atoms with Gasteiger partial charge in [-0.1, -0.05) is 37.3 Å². The van der Waals surface area contributed by atoms with Gasteiger partial charge < -0.3 is 10.3 Å². The first-order chi connectivity index (χ1) is 16.0. The predicted molar refractivity (Wildman–Crippen MR) is 130 cm³/mol. The molecule has 3 heterocycles. The van der Waals surface area contributed by atoms with Gasteiger partial charge in [-0.2, -0.15) is 0 Å². The van der Waals surface area contributed by atoms with Crippen LogP contribution in [0.3, 0.4) is 0 Å². The highest BCUT2D eigenvalue weighted by Gasteiger charge is 2.23. The monoisotopic (exact) mass is 439 g/mol. The average molecular weight is 440 g/mol. The molecule has 0 bridgehead atoms. The minimum atomic E-state index is -0.275. The van der Waals surface area contributed by atoms with Crippen LogP contribution in [0, 0.1) is 20.8 Å². The molecular formula is C25H25N7O. The molecule has 0 spiro atoms. The second kappa shape index (κ2) is 8.12. The minimum absolute atomic E-state index is 0.0693. The SMILES string of the molecule is CCC(Nc1ncnc2nc[nH]c12)c1nc2cccc(C)c2c(=O)n1-c1c(C)cccc1C. The molecule has 0 saturated carbocycles. The molecule has 0 saturated heterocycles. The zero-order chi connectivity index (χ0) is 23.1. The van der Waals surface area contributed by atoms with E-state index in [1.54, 1.807) is 10.9 Å². The largest absolute Gasteiger partial charge is 0.358 e. The number of para-hydroxylation sites is 1. The van der Waals surface area contributed by atoms with Gasteiger partial charge in [0.15, 0.2) is 11.5 Å². The third-order valence-corrected chi connectivity index (χ3v) is 6.05. The van der Waals surface area contributed by atoms with Crippen LogP contribution in [0.2, 0.25) is 0 Å². The summed E-state index contributed by atoms with van der Waals surface area (Å²) < 4.78 is 1.77. The van der Waals surface area contributed by atoms with Crippen molar-refractivity contribution in [3.63, 3.8) is 0 Å². The summed E-state index contributed by atoms with van der Waals surface area (Å²) in [5.41, 5.74) is 5.72. The van der Waals surface area contributed by atoms with Crippen molar-refractivity contribution in [2.75, 3.05) is 5.32 Å². The van der Waals surface area contributed by atoms with Crippen molar-refractivity contribution in [2.24, 2.45) is 0 Å². The highest BCUT2D eigenvalue weighted by atomic mass is 16.1. The van der Waals surface area contributed by atoms with Crippen molar-refractivity contribution in [3.8, 4) is 5.69 Å². The number of imidazole rings is 1. The fourth-order valence-corrected chi connectivity index (χ4v) is 4.41. The van der Waals surface area contributed by atoms with Gasteiger partial charge in [-0.15, -0.1) is 0 Å². The van der Waals surface area contributed by atoms with E-state index in [-0.39, 0.29) is 11.6 Å². The van der Waals surface area contributed by atoms with E-state index in [4.69, 9.17) is 4.98 Å². The second-order valence-electron chi connectivity index (χ2n) is 8.25. The van der Waals surface area contributed by atoms with Crippen molar-refractivity contribution in [2.45, 2.75) is 40.2 Å². The summed E-state index contributed by atoms with van der Waals surface area (Å²) >= 11 is 0. The Kier molecular flexibility index (Phi) is 5.12. The minimum Gasteiger partial charge on any atom is -0.358 e. The van der Waals surface area contributed by atoms with Crippen LogP contribution in [0.1, 0.15) is 41.9 Å². The molecule has 0 aliphatic rings. The lowest BCUT2D eigenvalue weighted by Crippen LogP contribution is -2.29. The molecule has 0 fully saturated rings. The molecule has 1 unspecified atom stereocenters. The van der Waals surface area contributed by atoms with Gasteiger partial charge in [-0.05, 0) is 49.9 Å². The fraction of sp³-hybridized carbons (Fsp3) is 0.240. The smallest absolute Gasteiger partial charge is 0.266 e. The number of hydrogen-bond donors (Lipinski definition) is 2. The quantitative estimate of drug-likeness (QED) is 0.417. The summed E-state index contributed by atoms with van der Waals surface area (Å²) in [6.45, 7) is 8.05. The maximum Gasteiger partial charge on any atom is 0.266 e. The van der Waals surface area contributed by atoms with Crippen LogP contribution >= 0.6 is 0 Å². The molecule has 5 rings (SSSR count). The summed E-state index contributed by atoms with van der Waals surface area (Å²) in [5.74, 6) is 1.26. The second-order valence-corrected chi connectivity index (χ2v) is 8.25. The van der Waals surface area contributed by atoms with Crippen LogP contribution in [-0.4, -0.2) is 29.5 Å². The Balaban J connectivity index is 1.79. The van der Waals surface area contributed by atoms with Gasteiger partial charge in [-0.25, -0.2) is 19.9 Å². The molecule has 3 aromatic heterocycles. The van der Waals surface area contributed by atoms with Crippen LogP contribution in [0.4, 0.5) is 5.82 Å². The summed E-state index contributed by atoms with van der Waals surface area (Å²) in [5, 5.41) is 4.12. The Morgan fingerprint density at radius 2 is 1.73 bits per heavy atom. The molecular weight excluding hydrogens is 414 g/mol. The van der Waals surface area contributed by atoms with E-state index >= 15 is 0 Å². The Morgan fingerprint density at radius 3 is 2.48 bits per heavy atom. The summed E-state index contributed by atoms with van der Waals surface area (Å²) in [4.78, 5) is 34.9. The molecule has 0 amide bonds. The van der Waals surface area contributed by atoms with Gasteiger partial charge in [0, 0.05) is 0 Å². The molecule has 0 aliphatic carbocycles. The molecule has 2 N–H and O–H groups in total. The molecule has 1 atom stereocenters. The molecule has 2 aromatic carbocycles. The van der Waals surface area contributed by atoms with Crippen molar-refractivity contribution >= 4 is 27.9 Å². The van der Waals surface area contributed by atoms with E-state index in [1.807, 2.05) is 57.2 Å². The lowest BCUT2D eigenvalue weighted by molar-refractivity contribution is 0.657. The first-order valence-electron chi connectivity index (χ1n) is 11.0. The van der Waals surface area contributed by atoms with Gasteiger partial charge in [0.05, 0.1) is 29.0 Å². The van der Waals surface area contributed by atoms with Crippen LogP contribution < -0.4 is 10.9 Å². The molecule has 166 valence electrons. The number of fused-ring (bicyclic) bond motifs is 2. The third-order valence-electron chi connectivity index (χ3n) is 6.05. The number of rotatable bonds is 5. The van der Waals surface area contributed by atoms with E-state index in [1.165, 1.54) is 6.33 Å². The number of nitrogens with zero attached hydrogens (tertiary/aromatic N) is 5. The van der Waals surface area contributed by atoms with E-state index in [0.717, 1.165) is 22.4 Å². The number of anilines is 1. The number of hydrogen-bond acceptors (Lipinski definition) is 6. The number of aromatic amines is 1. The van der Waals surface area contributed by atoms with Gasteiger partial charge in [0.2, 0.25) is 0 Å². The lowest BCUT2D eigenvalue weighted by Gasteiger charge is -2.24. The topological polar surface area (TPSA) is 101 Å². The standard InChI is InChI=1S/C25H25N7O/c1-5-17(30-23-20-22(27-12-26-20)28-13-29-23)24-31-18-11-7-8-14(2)19(18)25(33)32(24)21-15(3)9-6-10-16(21)4/h6-13,17H,5H2,1-4H3,(H2,26,27,28,29,30). The zero-order valence-corrected chi connectivity index (χ0v) is 19.0. The first-order valence-corrected chi connectivity index (χ1v) is 11.0. The Morgan fingerprint density at radius 1 is 1.00 bits per heavy atom.